The molecule has 0 atom stereocenters. The van der Waals surface area contributed by atoms with Crippen molar-refractivity contribution in [2.45, 2.75) is 85.0 Å². The third kappa shape index (κ3) is 12.2. The van der Waals surface area contributed by atoms with Gasteiger partial charge in [-0.15, -0.1) is 0 Å². The van der Waals surface area contributed by atoms with Gasteiger partial charge < -0.3 is 0 Å². The van der Waals surface area contributed by atoms with E-state index in [0.29, 0.717) is 50.8 Å². The Hall–Kier alpha value is -3.70. The molecule has 10 nitrogen and oxygen atoms in total. The molecule has 0 bridgehead atoms. The van der Waals surface area contributed by atoms with Crippen molar-refractivity contribution in [3.63, 3.8) is 0 Å². The van der Waals surface area contributed by atoms with E-state index in [1.165, 1.54) is 75.6 Å². The molecule has 2 aromatic carbocycles. The van der Waals surface area contributed by atoms with Crippen molar-refractivity contribution < 1.29 is 29.3 Å². The number of phenols is 1. The van der Waals surface area contributed by atoms with Crippen molar-refractivity contribution in [2.24, 2.45) is 11.8 Å². The monoisotopic (exact) mass is 916 g/mol. The predicted molar refractivity (Wildman–Crippen MR) is 212 cm³/mol. The number of ether oxygens (including phenoxy) is 2. The summed E-state index contributed by atoms with van der Waals surface area (Å²) in [6.45, 7) is 20.7. The summed E-state index contributed by atoms with van der Waals surface area (Å²) in [7, 11) is 0. The Balaban J connectivity index is 0.000000199. The summed E-state index contributed by atoms with van der Waals surface area (Å²) in [5.74, 6) is 0.911. The molecule has 0 aliphatic heterocycles. The molecule has 0 amide bonds. The molecule has 6 rings (SSSR count). The van der Waals surface area contributed by atoms with Gasteiger partial charge in [0.15, 0.2) is 0 Å². The summed E-state index contributed by atoms with van der Waals surface area (Å²) in [4.78, 5) is 38.6. The molecular weight excluding hydrogens is 870 g/mol. The summed E-state index contributed by atoms with van der Waals surface area (Å²) >= 11 is 2.93. The van der Waals surface area contributed by atoms with Gasteiger partial charge >= 0.3 is 275 Å². The normalized spacial score (nSPS) is 14.4. The minimum atomic E-state index is -0.908. The zero-order chi connectivity index (χ0) is 38.3. The number of aromatic carboxylic acids is 1. The van der Waals surface area contributed by atoms with Crippen LogP contribution in [0.25, 0.3) is 30.0 Å². The Morgan fingerprint density at radius 1 is 0.830 bits per heavy atom. The van der Waals surface area contributed by atoms with E-state index in [-0.39, 0.29) is 46.4 Å². The van der Waals surface area contributed by atoms with Gasteiger partial charge in [-0.2, -0.15) is 0 Å². The van der Waals surface area contributed by atoms with Gasteiger partial charge in [0.1, 0.15) is 0 Å². The van der Waals surface area contributed by atoms with E-state index in [4.69, 9.17) is 22.6 Å². The van der Waals surface area contributed by atoms with Gasteiger partial charge in [0, 0.05) is 5.33 Å². The number of carbonyl (C=O) groups is 2. The number of hydrogen-bond acceptors (Lipinski definition) is 7. The first-order valence-corrected chi connectivity index (χ1v) is 22.4. The first-order valence-electron chi connectivity index (χ1n) is 17.8. The van der Waals surface area contributed by atoms with Crippen LogP contribution in [0.15, 0.2) is 36.4 Å². The average molecular weight is 916 g/mol. The van der Waals surface area contributed by atoms with E-state index in [9.17, 15) is 19.8 Å². The molecule has 2 saturated carbocycles. The number of halogens is 1. The quantitative estimate of drug-likeness (QED) is 0.0736. The Labute approximate surface area is 332 Å². The number of nitrogens with zero attached hydrogens (tertiary/aromatic N) is 4. The number of aryl methyl sites for hydroxylation is 2. The molecule has 2 aliphatic carbocycles. The second-order valence-corrected chi connectivity index (χ2v) is 17.8. The molecule has 13 heteroatoms. The summed E-state index contributed by atoms with van der Waals surface area (Å²) in [5, 5.41) is 19.9. The van der Waals surface area contributed by atoms with E-state index in [1.54, 1.807) is 39.0 Å². The van der Waals surface area contributed by atoms with E-state index in [0.717, 1.165) is 26.2 Å². The van der Waals surface area contributed by atoms with Crippen molar-refractivity contribution >= 4 is 68.3 Å². The number of esters is 1. The van der Waals surface area contributed by atoms with Gasteiger partial charge in [0.05, 0.1) is 0 Å². The number of carbonyl (C=O) groups excluding carboxylic acids is 1. The van der Waals surface area contributed by atoms with Crippen LogP contribution in [0.3, 0.4) is 0 Å². The van der Waals surface area contributed by atoms with Crippen LogP contribution in [0.4, 0.5) is 11.4 Å². The second kappa shape index (κ2) is 21.3. The summed E-state index contributed by atoms with van der Waals surface area (Å²) in [6.07, 6.45) is 13.6. The molecule has 2 N–H and O–H groups in total. The van der Waals surface area contributed by atoms with Crippen molar-refractivity contribution in [1.29, 1.82) is 0 Å². The fourth-order valence-electron chi connectivity index (χ4n) is 6.13. The number of hydrogen-bond donors (Lipinski definition) is 2. The molecule has 0 radical (unpaired) electrons. The molecule has 53 heavy (non-hydrogen) atoms. The molecule has 280 valence electrons. The fraction of sp³-hybridized carbons (Fsp3) is 0.450. The molecule has 2 aliphatic rings. The number of alkyl halides is 1. The summed E-state index contributed by atoms with van der Waals surface area (Å²) < 4.78 is 13.4. The maximum absolute atomic E-state index is 11.8. The molecule has 0 saturated heterocycles. The molecule has 2 fully saturated rings. The van der Waals surface area contributed by atoms with E-state index < -0.39 is 5.97 Å². The molecule has 4 aromatic rings. The Kier molecular flexibility index (Phi) is 16.9. The maximum atomic E-state index is 11.8. The van der Waals surface area contributed by atoms with Gasteiger partial charge in [-0.3, -0.25) is 0 Å². The van der Waals surface area contributed by atoms with Crippen LogP contribution < -0.4 is 4.74 Å². The van der Waals surface area contributed by atoms with Gasteiger partial charge in [-0.05, 0) is 18.8 Å². The van der Waals surface area contributed by atoms with Gasteiger partial charge in [-0.1, -0.05) is 35.2 Å². The number of carboxylic acids is 1. The zero-order valence-electron chi connectivity index (χ0n) is 30.3. The summed E-state index contributed by atoms with van der Waals surface area (Å²) in [6, 6.07) is 10.2. The number of carboxylic acid groups (broad SMARTS) is 1. The minimum absolute atomic E-state index is 0.0508. The second-order valence-electron chi connectivity index (χ2n) is 13.0. The van der Waals surface area contributed by atoms with Crippen LogP contribution in [-0.2, 0) is 4.74 Å². The number of phenolic OH excluding ortho intramolecular Hbond substituents is 1. The molecule has 0 unspecified atom stereocenters. The third-order valence-electron chi connectivity index (χ3n) is 9.06. The number of aromatic nitrogens is 2. The van der Waals surface area contributed by atoms with Crippen molar-refractivity contribution in [3.05, 3.63) is 79.5 Å². The molecule has 2 aromatic heterocycles. The number of rotatable bonds is 9. The van der Waals surface area contributed by atoms with Crippen molar-refractivity contribution in [2.75, 3.05) is 18.5 Å². The SMILES string of the molecule is BrCC1CCCCC1.[C-]#[N+]c1cc(-c2nc(C)c(C(=O)O)[se]2)ccc1OCC1CCCCC1.[C-]#[N+]c1cc(-c2nc(C)c(C(=O)OCC)[se]2)ccc1O. The van der Waals surface area contributed by atoms with Gasteiger partial charge in [-0.25, -0.2) is 0 Å². The van der Waals surface area contributed by atoms with E-state index in [1.807, 2.05) is 12.1 Å². The van der Waals surface area contributed by atoms with Crippen LogP contribution in [-0.4, -0.2) is 79.7 Å². The third-order valence-corrected chi connectivity index (χ3v) is 15.0. The Morgan fingerprint density at radius 3 is 1.87 bits per heavy atom. The fourth-order valence-corrected chi connectivity index (χ4v) is 10.7. The molecule has 2 heterocycles. The van der Waals surface area contributed by atoms with Gasteiger partial charge in [0.25, 0.3) is 0 Å². The topological polar surface area (TPSA) is 128 Å². The van der Waals surface area contributed by atoms with Gasteiger partial charge in [0.2, 0.25) is 0 Å². The molecular formula is C40H45BrN4O6Se2. The van der Waals surface area contributed by atoms with Crippen LogP contribution >= 0.6 is 15.9 Å². The first kappa shape index (κ1) is 42.0. The molecule has 0 spiro atoms. The zero-order valence-corrected chi connectivity index (χ0v) is 35.3. The number of aromatic hydroxyl groups is 1. The van der Waals surface area contributed by atoms with Crippen LogP contribution in [0, 0.1) is 38.8 Å². The van der Waals surface area contributed by atoms with Crippen molar-refractivity contribution in [3.8, 4) is 31.8 Å². The van der Waals surface area contributed by atoms with E-state index >= 15 is 0 Å². The first-order chi connectivity index (χ1) is 25.6. The Bertz CT molecular complexity index is 1930. The van der Waals surface area contributed by atoms with Crippen LogP contribution in [0.5, 0.6) is 11.5 Å². The van der Waals surface area contributed by atoms with Crippen LogP contribution in [0.1, 0.15) is 101 Å². The van der Waals surface area contributed by atoms with Crippen molar-refractivity contribution in [1.82, 2.24) is 9.97 Å². The predicted octanol–water partition coefficient (Wildman–Crippen LogP) is 9.83. The standard InChI is InChI=1S/C19H20N2O3Se.C14H12N2O3Se.C7H13Br/c1-12-17(19(22)23)25-18(21-12)14-8-9-16(15(10-14)20-2)24-11-13-6-4-3-5-7-13;1-4-19-14(18)12-8(2)16-13(20-12)9-5-6-11(17)10(7-9)15-3;8-6-7-4-2-1-3-5-7/h8-10,13H,3-7,11H2,1H3,(H,22,23);5-7,17H,4H2,1-2H3;7H,1-6H2. The average Bonchev–Trinajstić information content (AvgIpc) is 3.78. The number of benzene rings is 2. The van der Waals surface area contributed by atoms with E-state index in [2.05, 4.69) is 35.6 Å². The Morgan fingerprint density at radius 2 is 1.36 bits per heavy atom. The summed E-state index contributed by atoms with van der Waals surface area (Å²) in [5.41, 5.74) is 3.44. The van der Waals surface area contributed by atoms with Crippen LogP contribution in [0.2, 0.25) is 0 Å².